The van der Waals surface area contributed by atoms with Crippen molar-refractivity contribution in [2.45, 2.75) is 38.8 Å². The van der Waals surface area contributed by atoms with E-state index in [4.69, 9.17) is 19.5 Å². The molecule has 2 atom stereocenters. The van der Waals surface area contributed by atoms with E-state index in [-0.39, 0.29) is 6.04 Å². The molecule has 0 saturated carbocycles. The first-order valence-corrected chi connectivity index (χ1v) is 7.30. The van der Waals surface area contributed by atoms with E-state index in [0.29, 0.717) is 17.7 Å². The molecule has 1 aliphatic heterocycles. The minimum atomic E-state index is -0.521. The lowest BCUT2D eigenvalue weighted by Crippen LogP contribution is -2.46. The number of methoxy groups -OCH3 is 2. The van der Waals surface area contributed by atoms with E-state index in [1.165, 1.54) is 5.56 Å². The number of rotatable bonds is 3. The van der Waals surface area contributed by atoms with Gasteiger partial charge in [0.05, 0.1) is 14.2 Å². The van der Waals surface area contributed by atoms with Gasteiger partial charge in [-0.25, -0.2) is 9.98 Å². The second-order valence-corrected chi connectivity index (χ2v) is 5.92. The Balaban J connectivity index is 2.36. The molecule has 0 saturated heterocycles. The Bertz CT molecular complexity index is 537. The number of hydrogen-bond acceptors (Lipinski definition) is 4. The lowest BCUT2D eigenvalue weighted by atomic mass is 9.90. The lowest BCUT2D eigenvalue weighted by molar-refractivity contribution is 0.310. The first kappa shape index (κ1) is 15.5. The normalized spacial score (nSPS) is 25.3. The number of hydrogen-bond donors (Lipinski definition) is 0. The molecule has 1 aromatic rings. The zero-order valence-corrected chi connectivity index (χ0v) is 13.5. The molecule has 0 N–H and O–H groups in total. The van der Waals surface area contributed by atoms with Crippen LogP contribution in [-0.4, -0.2) is 37.6 Å². The molecule has 0 bridgehead atoms. The summed E-state index contributed by atoms with van der Waals surface area (Å²) in [5, 5.41) is 0. The van der Waals surface area contributed by atoms with Crippen molar-refractivity contribution in [3.05, 3.63) is 35.9 Å². The van der Waals surface area contributed by atoms with Crippen molar-refractivity contribution in [1.29, 1.82) is 0 Å². The third kappa shape index (κ3) is 3.26. The maximum absolute atomic E-state index is 5.54. The number of ether oxygens (including phenoxy) is 2. The topological polar surface area (TPSA) is 43.2 Å². The molecule has 114 valence electrons. The molecule has 0 fully saturated rings. The van der Waals surface area contributed by atoms with Gasteiger partial charge in [-0.2, -0.15) is 0 Å². The minimum Gasteiger partial charge on any atom is -0.483 e. The Morgan fingerprint density at radius 1 is 1.14 bits per heavy atom. The highest BCUT2D eigenvalue weighted by atomic mass is 16.5. The first-order chi connectivity index (χ1) is 10.00. The summed E-state index contributed by atoms with van der Waals surface area (Å²) < 4.78 is 11.0. The second kappa shape index (κ2) is 6.29. The quantitative estimate of drug-likeness (QED) is 0.857. The van der Waals surface area contributed by atoms with Gasteiger partial charge in [-0.15, -0.1) is 0 Å². The van der Waals surface area contributed by atoms with Crippen molar-refractivity contribution in [2.75, 3.05) is 14.2 Å². The van der Waals surface area contributed by atoms with Crippen molar-refractivity contribution in [3.8, 4) is 0 Å². The van der Waals surface area contributed by atoms with Gasteiger partial charge in [-0.1, -0.05) is 44.2 Å². The number of benzene rings is 1. The van der Waals surface area contributed by atoms with Crippen molar-refractivity contribution in [3.63, 3.8) is 0 Å². The number of aliphatic imine (C=N–C) groups is 2. The maximum Gasteiger partial charge on any atom is 0.212 e. The van der Waals surface area contributed by atoms with Gasteiger partial charge in [0, 0.05) is 6.42 Å². The van der Waals surface area contributed by atoms with Gasteiger partial charge in [0.15, 0.2) is 0 Å². The summed E-state index contributed by atoms with van der Waals surface area (Å²) in [6.45, 7) is 6.25. The average molecular weight is 288 g/mol. The molecule has 0 aromatic heterocycles. The zero-order chi connectivity index (χ0) is 15.5. The molecular weight excluding hydrogens is 264 g/mol. The molecule has 0 radical (unpaired) electrons. The molecule has 21 heavy (non-hydrogen) atoms. The molecule has 0 aliphatic carbocycles. The van der Waals surface area contributed by atoms with E-state index >= 15 is 0 Å². The van der Waals surface area contributed by atoms with E-state index in [0.717, 1.165) is 6.42 Å². The summed E-state index contributed by atoms with van der Waals surface area (Å²) in [5.41, 5.74) is 0.680. The molecule has 0 unspecified atom stereocenters. The molecule has 0 amide bonds. The van der Waals surface area contributed by atoms with E-state index in [2.05, 4.69) is 26.0 Å². The van der Waals surface area contributed by atoms with Crippen molar-refractivity contribution in [1.82, 2.24) is 0 Å². The maximum atomic E-state index is 5.54. The van der Waals surface area contributed by atoms with Crippen LogP contribution in [0.15, 0.2) is 40.3 Å². The summed E-state index contributed by atoms with van der Waals surface area (Å²) in [5.74, 6) is 1.67. The molecule has 1 aliphatic rings. The van der Waals surface area contributed by atoms with E-state index in [1.807, 2.05) is 25.1 Å². The fourth-order valence-corrected chi connectivity index (χ4v) is 2.66. The van der Waals surface area contributed by atoms with Crippen LogP contribution < -0.4 is 0 Å². The lowest BCUT2D eigenvalue weighted by Gasteiger charge is -2.33. The smallest absolute Gasteiger partial charge is 0.212 e. The van der Waals surface area contributed by atoms with E-state index < -0.39 is 5.54 Å². The van der Waals surface area contributed by atoms with Crippen LogP contribution in [-0.2, 0) is 15.9 Å². The van der Waals surface area contributed by atoms with E-state index in [1.54, 1.807) is 14.2 Å². The van der Waals surface area contributed by atoms with Crippen molar-refractivity contribution in [2.24, 2.45) is 15.9 Å². The summed E-state index contributed by atoms with van der Waals surface area (Å²) in [7, 11) is 3.32. The first-order valence-electron chi connectivity index (χ1n) is 7.30. The summed E-state index contributed by atoms with van der Waals surface area (Å²) in [6.07, 6.45) is 0.734. The molecule has 1 aromatic carbocycles. The molecule has 4 nitrogen and oxygen atoms in total. The van der Waals surface area contributed by atoms with Crippen LogP contribution in [0.1, 0.15) is 26.3 Å². The molecule has 1 heterocycles. The van der Waals surface area contributed by atoms with Gasteiger partial charge in [-0.05, 0) is 18.4 Å². The Kier molecular flexibility index (Phi) is 4.66. The van der Waals surface area contributed by atoms with Crippen LogP contribution in [0.4, 0.5) is 0 Å². The van der Waals surface area contributed by atoms with Crippen molar-refractivity contribution < 1.29 is 9.47 Å². The minimum absolute atomic E-state index is 0.0752. The highest BCUT2D eigenvalue weighted by Gasteiger charge is 2.39. The van der Waals surface area contributed by atoms with Gasteiger partial charge in [0.2, 0.25) is 11.8 Å². The summed E-state index contributed by atoms with van der Waals surface area (Å²) >= 11 is 0. The summed E-state index contributed by atoms with van der Waals surface area (Å²) in [6, 6.07) is 10.2. The van der Waals surface area contributed by atoms with Gasteiger partial charge in [0.1, 0.15) is 11.6 Å². The Labute approximate surface area is 126 Å². The molecule has 2 rings (SSSR count). The van der Waals surface area contributed by atoms with Gasteiger partial charge < -0.3 is 9.47 Å². The van der Waals surface area contributed by atoms with Crippen LogP contribution in [0, 0.1) is 5.92 Å². The molecule has 0 spiro atoms. The Morgan fingerprint density at radius 3 is 2.33 bits per heavy atom. The Morgan fingerprint density at radius 2 is 1.81 bits per heavy atom. The number of nitrogens with zero attached hydrogens (tertiary/aromatic N) is 2. The fourth-order valence-electron chi connectivity index (χ4n) is 2.66. The van der Waals surface area contributed by atoms with Crippen LogP contribution >= 0.6 is 0 Å². The van der Waals surface area contributed by atoms with E-state index in [9.17, 15) is 0 Å². The second-order valence-electron chi connectivity index (χ2n) is 5.92. The fraction of sp³-hybridized carbons (Fsp3) is 0.529. The average Bonchev–Trinajstić information content (AvgIpc) is 2.47. The van der Waals surface area contributed by atoms with Crippen LogP contribution in [0.2, 0.25) is 0 Å². The zero-order valence-electron chi connectivity index (χ0n) is 13.5. The standard InChI is InChI=1S/C17H24N2O2/c1-12(2)14-15(20-4)19-17(3,16(18-14)21-5)11-13-9-7-6-8-10-13/h6-10,12,14H,11H2,1-5H3/t14-,17+/m0/s1. The van der Waals surface area contributed by atoms with Crippen LogP contribution in [0.3, 0.4) is 0 Å². The third-order valence-electron chi connectivity index (χ3n) is 3.75. The van der Waals surface area contributed by atoms with Gasteiger partial charge in [0.25, 0.3) is 0 Å². The van der Waals surface area contributed by atoms with Crippen LogP contribution in [0.5, 0.6) is 0 Å². The van der Waals surface area contributed by atoms with Crippen molar-refractivity contribution >= 4 is 11.8 Å². The summed E-state index contributed by atoms with van der Waals surface area (Å²) in [4.78, 5) is 9.56. The third-order valence-corrected chi connectivity index (χ3v) is 3.75. The van der Waals surface area contributed by atoms with Gasteiger partial charge >= 0.3 is 0 Å². The highest BCUT2D eigenvalue weighted by Crippen LogP contribution is 2.27. The largest absolute Gasteiger partial charge is 0.483 e. The SMILES string of the molecule is COC1=N[C@](C)(Cc2ccccc2)C(OC)=N[C@H]1C(C)C. The predicted molar refractivity (Wildman–Crippen MR) is 86.1 cm³/mol. The molecule has 4 heteroatoms. The molecular formula is C17H24N2O2. The Hall–Kier alpha value is -1.84. The van der Waals surface area contributed by atoms with Crippen LogP contribution in [0.25, 0.3) is 0 Å². The highest BCUT2D eigenvalue weighted by molar-refractivity contribution is 5.96. The monoisotopic (exact) mass is 288 g/mol. The predicted octanol–water partition coefficient (Wildman–Crippen LogP) is 3.12. The van der Waals surface area contributed by atoms with Gasteiger partial charge in [-0.3, -0.25) is 0 Å².